The molecular weight excluding hydrogens is 364 g/mol. The van der Waals surface area contributed by atoms with Crippen molar-refractivity contribution in [2.75, 3.05) is 19.6 Å². The van der Waals surface area contributed by atoms with E-state index in [-0.39, 0.29) is 17.4 Å². The molecule has 1 N–H and O–H groups in total. The summed E-state index contributed by atoms with van der Waals surface area (Å²) in [6.45, 7) is 1.79. The number of likely N-dealkylation sites (tertiary alicyclic amines) is 1. The van der Waals surface area contributed by atoms with Crippen LogP contribution in [-0.4, -0.2) is 46.8 Å². The van der Waals surface area contributed by atoms with Gasteiger partial charge in [-0.1, -0.05) is 0 Å². The lowest BCUT2D eigenvalue weighted by molar-refractivity contribution is -0.00648. The quantitative estimate of drug-likeness (QED) is 0.737. The summed E-state index contributed by atoms with van der Waals surface area (Å²) in [5.74, 6) is -1.19. The van der Waals surface area contributed by atoms with Gasteiger partial charge in [-0.05, 0) is 74.3 Å². The van der Waals surface area contributed by atoms with E-state index in [0.717, 1.165) is 0 Å². The molecule has 0 unspecified atom stereocenters. The van der Waals surface area contributed by atoms with Crippen LogP contribution in [-0.2, 0) is 0 Å². The van der Waals surface area contributed by atoms with E-state index < -0.39 is 11.4 Å². The maximum absolute atomic E-state index is 13.0. The minimum atomic E-state index is -1.43. The molecule has 4 nitrogen and oxygen atoms in total. The molecule has 2 aromatic carbocycles. The Labute approximate surface area is 162 Å². The highest BCUT2D eigenvalue weighted by Gasteiger charge is 2.39. The second-order valence-corrected chi connectivity index (χ2v) is 7.24. The van der Waals surface area contributed by atoms with E-state index in [1.54, 1.807) is 0 Å². The Kier molecular flexibility index (Phi) is 6.31. The van der Waals surface area contributed by atoms with Crippen LogP contribution < -0.4 is 0 Å². The molecule has 0 atom stereocenters. The highest BCUT2D eigenvalue weighted by atomic mass is 19.1. The lowest BCUT2D eigenvalue weighted by Gasteiger charge is -2.37. The topological polar surface area (TPSA) is 57.6 Å². The van der Waals surface area contributed by atoms with E-state index >= 15 is 0 Å². The van der Waals surface area contributed by atoms with Gasteiger partial charge in [-0.25, -0.2) is 8.78 Å². The first-order chi connectivity index (χ1) is 13.4. The third kappa shape index (κ3) is 4.88. The van der Waals surface area contributed by atoms with Gasteiger partial charge < -0.3 is 10.0 Å². The maximum Gasteiger partial charge on any atom is 0.194 e. The van der Waals surface area contributed by atoms with Crippen molar-refractivity contribution in [1.82, 2.24) is 4.90 Å². The molecule has 148 valence electrons. The van der Waals surface area contributed by atoms with Gasteiger partial charge in [0.1, 0.15) is 17.2 Å². The molecule has 0 saturated carbocycles. The molecule has 3 rings (SSSR count). The van der Waals surface area contributed by atoms with Crippen LogP contribution in [0.3, 0.4) is 0 Å². The summed E-state index contributed by atoms with van der Waals surface area (Å²) in [5.41, 5.74) is -0.625. The number of aliphatic hydroxyl groups is 1. The second kappa shape index (κ2) is 8.71. The molecule has 0 amide bonds. The molecule has 0 aliphatic carbocycles. The summed E-state index contributed by atoms with van der Waals surface area (Å²) in [6, 6.07) is 10.7. The standard InChI is InChI=1S/C22H23F2NO3/c23-18-7-3-16(4-8-18)20(26)2-1-13-25-14-11-22(28,12-15-25)21(27)17-5-9-19(24)10-6-17/h3-10,28H,1-2,11-15H2. The number of benzene rings is 2. The SMILES string of the molecule is O=C(CCCN1CCC(O)(C(=O)c2ccc(F)cc2)CC1)c1ccc(F)cc1. The minimum absolute atomic E-state index is 0.0278. The summed E-state index contributed by atoms with van der Waals surface area (Å²) in [7, 11) is 0. The van der Waals surface area contributed by atoms with Crippen LogP contribution >= 0.6 is 0 Å². The zero-order valence-electron chi connectivity index (χ0n) is 15.5. The number of ketones is 2. The van der Waals surface area contributed by atoms with E-state index in [4.69, 9.17) is 0 Å². The van der Waals surface area contributed by atoms with Crippen LogP contribution in [0, 0.1) is 11.6 Å². The largest absolute Gasteiger partial charge is 0.382 e. The lowest BCUT2D eigenvalue weighted by atomic mass is 9.84. The molecule has 1 fully saturated rings. The Hall–Kier alpha value is -2.44. The fourth-order valence-electron chi connectivity index (χ4n) is 3.49. The van der Waals surface area contributed by atoms with Crippen molar-refractivity contribution in [2.24, 2.45) is 0 Å². The Morgan fingerprint density at radius 1 is 0.893 bits per heavy atom. The maximum atomic E-state index is 13.0. The summed E-state index contributed by atoms with van der Waals surface area (Å²) >= 11 is 0. The number of nitrogens with zero attached hydrogens (tertiary/aromatic N) is 1. The predicted octanol–water partition coefficient (Wildman–Crippen LogP) is 3.64. The number of hydrogen-bond acceptors (Lipinski definition) is 4. The molecule has 1 aliphatic rings. The normalized spacial score (nSPS) is 16.7. The zero-order chi connectivity index (χ0) is 20.1. The molecule has 0 aromatic heterocycles. The molecule has 1 heterocycles. The number of halogens is 2. The second-order valence-electron chi connectivity index (χ2n) is 7.24. The highest BCUT2D eigenvalue weighted by Crippen LogP contribution is 2.27. The van der Waals surface area contributed by atoms with E-state index in [9.17, 15) is 23.5 Å². The van der Waals surface area contributed by atoms with Crippen LogP contribution in [0.1, 0.15) is 46.4 Å². The van der Waals surface area contributed by atoms with Crippen molar-refractivity contribution >= 4 is 11.6 Å². The average molecular weight is 387 g/mol. The lowest BCUT2D eigenvalue weighted by Crippen LogP contribution is -2.49. The summed E-state index contributed by atoms with van der Waals surface area (Å²) in [6.07, 6.45) is 1.62. The molecular formula is C22H23F2NO3. The number of carbonyl (C=O) groups is 2. The molecule has 0 spiro atoms. The number of carbonyl (C=O) groups excluding carboxylic acids is 2. The Morgan fingerprint density at radius 3 is 1.93 bits per heavy atom. The summed E-state index contributed by atoms with van der Waals surface area (Å²) in [5, 5.41) is 10.7. The molecule has 0 radical (unpaired) electrons. The fourth-order valence-corrected chi connectivity index (χ4v) is 3.49. The minimum Gasteiger partial charge on any atom is -0.382 e. The van der Waals surface area contributed by atoms with Gasteiger partial charge in [-0.3, -0.25) is 9.59 Å². The van der Waals surface area contributed by atoms with Gasteiger partial charge in [-0.2, -0.15) is 0 Å². The van der Waals surface area contributed by atoms with Crippen LogP contribution in [0.15, 0.2) is 48.5 Å². The molecule has 2 aromatic rings. The first kappa shape index (κ1) is 20.3. The highest BCUT2D eigenvalue weighted by molar-refractivity contribution is 6.02. The van der Waals surface area contributed by atoms with E-state index in [2.05, 4.69) is 4.90 Å². The van der Waals surface area contributed by atoms with Crippen molar-refractivity contribution < 1.29 is 23.5 Å². The van der Waals surface area contributed by atoms with Crippen molar-refractivity contribution in [3.63, 3.8) is 0 Å². The van der Waals surface area contributed by atoms with Gasteiger partial charge in [0.15, 0.2) is 11.6 Å². The third-order valence-corrected chi connectivity index (χ3v) is 5.26. The van der Waals surface area contributed by atoms with Gasteiger partial charge in [-0.15, -0.1) is 0 Å². The first-order valence-electron chi connectivity index (χ1n) is 9.41. The van der Waals surface area contributed by atoms with E-state index in [0.29, 0.717) is 56.4 Å². The number of hydrogen-bond donors (Lipinski definition) is 1. The average Bonchev–Trinajstić information content (AvgIpc) is 2.70. The van der Waals surface area contributed by atoms with Gasteiger partial charge in [0, 0.05) is 30.6 Å². The summed E-state index contributed by atoms with van der Waals surface area (Å²) < 4.78 is 25.9. The molecule has 6 heteroatoms. The molecule has 1 aliphatic heterocycles. The van der Waals surface area contributed by atoms with Crippen LogP contribution in [0.5, 0.6) is 0 Å². The van der Waals surface area contributed by atoms with Crippen molar-refractivity contribution in [3.8, 4) is 0 Å². The first-order valence-corrected chi connectivity index (χ1v) is 9.41. The van der Waals surface area contributed by atoms with Crippen molar-refractivity contribution in [1.29, 1.82) is 0 Å². The summed E-state index contributed by atoms with van der Waals surface area (Å²) in [4.78, 5) is 26.8. The Morgan fingerprint density at radius 2 is 1.39 bits per heavy atom. The fraction of sp³-hybridized carbons (Fsp3) is 0.364. The van der Waals surface area contributed by atoms with Gasteiger partial charge in [0.2, 0.25) is 0 Å². The predicted molar refractivity (Wildman–Crippen MR) is 101 cm³/mol. The Balaban J connectivity index is 1.46. The number of Topliss-reactive ketones (excluding diaryl/α,β-unsaturated/α-hetero) is 2. The monoisotopic (exact) mass is 387 g/mol. The van der Waals surface area contributed by atoms with Gasteiger partial charge in [0.05, 0.1) is 0 Å². The van der Waals surface area contributed by atoms with Crippen molar-refractivity contribution in [3.05, 3.63) is 71.3 Å². The smallest absolute Gasteiger partial charge is 0.194 e. The molecule has 1 saturated heterocycles. The number of piperidine rings is 1. The Bertz CT molecular complexity index is 826. The third-order valence-electron chi connectivity index (χ3n) is 5.26. The van der Waals surface area contributed by atoms with Crippen LogP contribution in [0.25, 0.3) is 0 Å². The van der Waals surface area contributed by atoms with E-state index in [1.165, 1.54) is 48.5 Å². The molecule has 28 heavy (non-hydrogen) atoms. The number of rotatable bonds is 7. The van der Waals surface area contributed by atoms with Gasteiger partial charge >= 0.3 is 0 Å². The van der Waals surface area contributed by atoms with Crippen molar-refractivity contribution in [2.45, 2.75) is 31.3 Å². The zero-order valence-corrected chi connectivity index (χ0v) is 15.5. The van der Waals surface area contributed by atoms with Crippen LogP contribution in [0.2, 0.25) is 0 Å². The molecule has 0 bridgehead atoms. The van der Waals surface area contributed by atoms with Crippen LogP contribution in [0.4, 0.5) is 8.78 Å². The van der Waals surface area contributed by atoms with Gasteiger partial charge in [0.25, 0.3) is 0 Å². The van der Waals surface area contributed by atoms with E-state index in [1.807, 2.05) is 0 Å².